The van der Waals surface area contributed by atoms with E-state index in [1.807, 2.05) is 31.2 Å². The van der Waals surface area contributed by atoms with Gasteiger partial charge in [0.1, 0.15) is 0 Å². The molecule has 0 saturated carbocycles. The molecule has 19 heavy (non-hydrogen) atoms. The molecule has 2 amide bonds. The molecule has 0 heterocycles. The van der Waals surface area contributed by atoms with E-state index in [1.54, 1.807) is 6.92 Å². The molecule has 0 unspecified atom stereocenters. The van der Waals surface area contributed by atoms with Gasteiger partial charge < -0.3 is 5.32 Å². The van der Waals surface area contributed by atoms with E-state index < -0.39 is 0 Å². The Balaban J connectivity index is 2.23. The lowest BCUT2D eigenvalue weighted by Gasteiger charge is -2.06. The van der Waals surface area contributed by atoms with Crippen LogP contribution in [-0.2, 0) is 14.4 Å². The van der Waals surface area contributed by atoms with E-state index in [9.17, 15) is 9.59 Å². The lowest BCUT2D eigenvalue weighted by molar-refractivity contribution is -0.130. The van der Waals surface area contributed by atoms with Crippen LogP contribution in [0.15, 0.2) is 24.3 Å². The van der Waals surface area contributed by atoms with Gasteiger partial charge in [-0.2, -0.15) is 0 Å². The molecule has 0 radical (unpaired) electrons. The maximum absolute atomic E-state index is 11.6. The largest absolute Gasteiger partial charge is 0.325 e. The van der Waals surface area contributed by atoms with Crippen LogP contribution in [0.5, 0.6) is 0 Å². The van der Waals surface area contributed by atoms with Gasteiger partial charge in [-0.1, -0.05) is 12.1 Å². The van der Waals surface area contributed by atoms with E-state index in [0.29, 0.717) is 6.61 Å². The summed E-state index contributed by atoms with van der Waals surface area (Å²) in [6, 6.07) is 7.57. The number of benzene rings is 1. The van der Waals surface area contributed by atoms with E-state index >= 15 is 0 Å². The van der Waals surface area contributed by atoms with Crippen molar-refractivity contribution >= 4 is 29.3 Å². The van der Waals surface area contributed by atoms with Crippen molar-refractivity contribution in [3.05, 3.63) is 29.8 Å². The standard InChI is InChI=1S/C13H18N2O3S/c1-3-18-15-13(17)9-19-8-12(16)14-11-6-4-5-10(2)7-11/h4-7H,3,8-9H2,1-2H3,(H,14,16)(H,15,17). The molecule has 0 aliphatic heterocycles. The highest BCUT2D eigenvalue weighted by Crippen LogP contribution is 2.10. The lowest BCUT2D eigenvalue weighted by Crippen LogP contribution is -2.26. The second kappa shape index (κ2) is 8.55. The Morgan fingerprint density at radius 1 is 1.26 bits per heavy atom. The van der Waals surface area contributed by atoms with Crippen LogP contribution in [0.4, 0.5) is 5.69 Å². The SMILES string of the molecule is CCONC(=O)CSCC(=O)Nc1cccc(C)c1. The van der Waals surface area contributed by atoms with Crippen molar-refractivity contribution in [2.45, 2.75) is 13.8 Å². The summed E-state index contributed by atoms with van der Waals surface area (Å²) in [5.41, 5.74) is 4.12. The number of thioether (sulfide) groups is 1. The molecule has 6 heteroatoms. The third-order valence-corrected chi connectivity index (χ3v) is 3.03. The van der Waals surface area contributed by atoms with E-state index in [0.717, 1.165) is 11.3 Å². The number of amides is 2. The third kappa shape index (κ3) is 6.83. The van der Waals surface area contributed by atoms with Crippen molar-refractivity contribution in [2.75, 3.05) is 23.4 Å². The highest BCUT2D eigenvalue weighted by molar-refractivity contribution is 8.00. The Morgan fingerprint density at radius 2 is 2.00 bits per heavy atom. The van der Waals surface area contributed by atoms with Gasteiger partial charge in [-0.25, -0.2) is 5.48 Å². The van der Waals surface area contributed by atoms with E-state index in [-0.39, 0.29) is 23.3 Å². The summed E-state index contributed by atoms with van der Waals surface area (Å²) in [4.78, 5) is 27.6. The smallest absolute Gasteiger partial charge is 0.253 e. The van der Waals surface area contributed by atoms with Gasteiger partial charge in [0.25, 0.3) is 5.91 Å². The summed E-state index contributed by atoms with van der Waals surface area (Å²) >= 11 is 1.24. The lowest BCUT2D eigenvalue weighted by atomic mass is 10.2. The van der Waals surface area contributed by atoms with Gasteiger partial charge in [-0.05, 0) is 31.5 Å². The molecule has 2 N–H and O–H groups in total. The van der Waals surface area contributed by atoms with Gasteiger partial charge in [-0.3, -0.25) is 14.4 Å². The maximum Gasteiger partial charge on any atom is 0.253 e. The van der Waals surface area contributed by atoms with Crippen LogP contribution in [-0.4, -0.2) is 29.9 Å². The minimum absolute atomic E-state index is 0.125. The second-order valence-electron chi connectivity index (χ2n) is 3.87. The fourth-order valence-corrected chi connectivity index (χ4v) is 1.94. The van der Waals surface area contributed by atoms with Crippen LogP contribution < -0.4 is 10.8 Å². The predicted octanol–water partition coefficient (Wildman–Crippen LogP) is 1.73. The van der Waals surface area contributed by atoms with E-state index in [1.165, 1.54) is 11.8 Å². The number of carbonyl (C=O) groups is 2. The van der Waals surface area contributed by atoms with Gasteiger partial charge >= 0.3 is 0 Å². The molecule has 0 aliphatic carbocycles. The molecule has 0 aromatic heterocycles. The molecule has 0 atom stereocenters. The first-order valence-corrected chi connectivity index (χ1v) is 7.12. The van der Waals surface area contributed by atoms with E-state index in [4.69, 9.17) is 4.84 Å². The Labute approximate surface area is 117 Å². The molecular formula is C13H18N2O3S. The molecule has 0 bridgehead atoms. The zero-order valence-corrected chi connectivity index (χ0v) is 11.9. The Hall–Kier alpha value is -1.53. The molecule has 0 spiro atoms. The molecular weight excluding hydrogens is 264 g/mol. The normalized spacial score (nSPS) is 10.0. The number of hydroxylamine groups is 1. The number of hydrogen-bond donors (Lipinski definition) is 2. The van der Waals surface area contributed by atoms with Crippen molar-refractivity contribution in [2.24, 2.45) is 0 Å². The number of nitrogens with one attached hydrogen (secondary N) is 2. The first-order valence-electron chi connectivity index (χ1n) is 5.96. The van der Waals surface area contributed by atoms with Crippen molar-refractivity contribution in [3.63, 3.8) is 0 Å². The Morgan fingerprint density at radius 3 is 2.68 bits per heavy atom. The summed E-state index contributed by atoms with van der Waals surface area (Å²) in [5.74, 6) is 0.0596. The van der Waals surface area contributed by atoms with Crippen LogP contribution >= 0.6 is 11.8 Å². The average Bonchev–Trinajstić information content (AvgIpc) is 2.36. The number of hydrogen-bond acceptors (Lipinski definition) is 4. The zero-order chi connectivity index (χ0) is 14.1. The monoisotopic (exact) mass is 282 g/mol. The minimum atomic E-state index is -0.241. The molecule has 1 aromatic carbocycles. The molecule has 1 aromatic rings. The van der Waals surface area contributed by atoms with Crippen LogP contribution in [0.3, 0.4) is 0 Å². The fourth-order valence-electron chi connectivity index (χ4n) is 1.34. The van der Waals surface area contributed by atoms with Gasteiger partial charge in [-0.15, -0.1) is 11.8 Å². The molecule has 5 nitrogen and oxygen atoms in total. The Bertz CT molecular complexity index is 438. The molecule has 0 aliphatic rings. The number of rotatable bonds is 7. The topological polar surface area (TPSA) is 67.4 Å². The number of carbonyl (C=O) groups excluding carboxylic acids is 2. The molecule has 0 saturated heterocycles. The van der Waals surface area contributed by atoms with Crippen molar-refractivity contribution in [1.29, 1.82) is 0 Å². The summed E-state index contributed by atoms with van der Waals surface area (Å²) in [6.45, 7) is 4.16. The predicted molar refractivity (Wildman–Crippen MR) is 76.9 cm³/mol. The second-order valence-corrected chi connectivity index (χ2v) is 4.85. The Kier molecular flexibility index (Phi) is 6.99. The van der Waals surface area contributed by atoms with Gasteiger partial charge in [0.05, 0.1) is 18.1 Å². The van der Waals surface area contributed by atoms with Crippen LogP contribution in [0.2, 0.25) is 0 Å². The van der Waals surface area contributed by atoms with E-state index in [2.05, 4.69) is 10.8 Å². The highest BCUT2D eigenvalue weighted by atomic mass is 32.2. The molecule has 1 rings (SSSR count). The summed E-state index contributed by atoms with van der Waals surface area (Å²) in [5, 5.41) is 2.78. The summed E-state index contributed by atoms with van der Waals surface area (Å²) in [7, 11) is 0. The third-order valence-electron chi connectivity index (χ3n) is 2.10. The van der Waals surface area contributed by atoms with Crippen LogP contribution in [0, 0.1) is 6.92 Å². The van der Waals surface area contributed by atoms with Crippen molar-refractivity contribution < 1.29 is 14.4 Å². The molecule has 0 fully saturated rings. The van der Waals surface area contributed by atoms with Crippen molar-refractivity contribution in [1.82, 2.24) is 5.48 Å². The quantitative estimate of drug-likeness (QED) is 0.747. The maximum atomic E-state index is 11.6. The number of aryl methyl sites for hydroxylation is 1. The van der Waals surface area contributed by atoms with Crippen LogP contribution in [0.25, 0.3) is 0 Å². The van der Waals surface area contributed by atoms with Gasteiger partial charge in [0.15, 0.2) is 0 Å². The van der Waals surface area contributed by atoms with Crippen molar-refractivity contribution in [3.8, 4) is 0 Å². The number of anilines is 1. The fraction of sp³-hybridized carbons (Fsp3) is 0.385. The van der Waals surface area contributed by atoms with Crippen LogP contribution in [0.1, 0.15) is 12.5 Å². The zero-order valence-electron chi connectivity index (χ0n) is 11.1. The first-order chi connectivity index (χ1) is 9.11. The first kappa shape index (κ1) is 15.5. The minimum Gasteiger partial charge on any atom is -0.325 e. The average molecular weight is 282 g/mol. The highest BCUT2D eigenvalue weighted by Gasteiger charge is 2.06. The molecule has 104 valence electrons. The summed E-state index contributed by atoms with van der Waals surface area (Å²) < 4.78 is 0. The van der Waals surface area contributed by atoms with Gasteiger partial charge in [0.2, 0.25) is 5.91 Å². The summed E-state index contributed by atoms with van der Waals surface area (Å²) in [6.07, 6.45) is 0. The van der Waals surface area contributed by atoms with Gasteiger partial charge in [0, 0.05) is 5.69 Å².